The minimum atomic E-state index is -1.35. The van der Waals surface area contributed by atoms with Crippen LogP contribution in [0.1, 0.15) is 74.9 Å². The summed E-state index contributed by atoms with van der Waals surface area (Å²) in [5.41, 5.74) is 29.5. The van der Waals surface area contributed by atoms with E-state index in [-0.39, 0.29) is 68.0 Å². The zero-order valence-electron chi connectivity index (χ0n) is 34.3. The molecule has 5 amide bonds. The number of primary amides is 1. The maximum absolute atomic E-state index is 14.6. The number of benzene rings is 3. The molecule has 13 N–H and O–H groups in total. The van der Waals surface area contributed by atoms with E-state index in [9.17, 15) is 33.2 Å². The van der Waals surface area contributed by atoms with Crippen molar-refractivity contribution in [3.63, 3.8) is 0 Å². The van der Waals surface area contributed by atoms with Crippen LogP contribution in [0.2, 0.25) is 0 Å². The van der Waals surface area contributed by atoms with Crippen LogP contribution in [-0.4, -0.2) is 78.0 Å². The molecular weight excluding hydrogens is 774 g/mol. The number of anilines is 1. The molecule has 0 aliphatic rings. The van der Waals surface area contributed by atoms with Gasteiger partial charge >= 0.3 is 0 Å². The van der Waals surface area contributed by atoms with Gasteiger partial charge in [0.25, 0.3) is 0 Å². The number of halogens is 1. The molecule has 0 bridgehead atoms. The molecule has 0 heterocycles. The van der Waals surface area contributed by atoms with Gasteiger partial charge in [0.2, 0.25) is 29.5 Å². The lowest BCUT2D eigenvalue weighted by Crippen LogP contribution is -2.59. The van der Waals surface area contributed by atoms with Crippen molar-refractivity contribution in [3.05, 3.63) is 95.3 Å². The van der Waals surface area contributed by atoms with Gasteiger partial charge in [-0.3, -0.25) is 38.7 Å². The molecule has 4 atom stereocenters. The maximum Gasteiger partial charge on any atom is 0.244 e. The van der Waals surface area contributed by atoms with Crippen LogP contribution in [0.4, 0.5) is 15.8 Å². The van der Waals surface area contributed by atoms with E-state index in [2.05, 4.69) is 25.9 Å². The summed E-state index contributed by atoms with van der Waals surface area (Å²) < 4.78 is 14.0. The smallest absolute Gasteiger partial charge is 0.244 e. The fourth-order valence-electron chi connectivity index (χ4n) is 6.36. The van der Waals surface area contributed by atoms with Crippen molar-refractivity contribution >= 4 is 58.6 Å². The zero-order chi connectivity index (χ0) is 44.5. The van der Waals surface area contributed by atoms with Gasteiger partial charge in [-0.05, 0) is 72.7 Å². The number of nitrogens with two attached hydrogens (primary N) is 5. The Morgan fingerprint density at radius 2 is 1.32 bits per heavy atom. The maximum atomic E-state index is 14.6. The third kappa shape index (κ3) is 15.1. The van der Waals surface area contributed by atoms with Crippen molar-refractivity contribution in [3.8, 4) is 0 Å². The van der Waals surface area contributed by atoms with Crippen molar-refractivity contribution in [1.29, 1.82) is 0 Å². The Balaban J connectivity index is 2.06. The summed E-state index contributed by atoms with van der Waals surface area (Å²) in [5.74, 6) is -4.67. The van der Waals surface area contributed by atoms with Gasteiger partial charge in [-0.1, -0.05) is 57.2 Å². The van der Waals surface area contributed by atoms with Crippen LogP contribution in [-0.2, 0) is 36.8 Å². The Morgan fingerprint density at radius 1 is 0.733 bits per heavy atom. The molecule has 18 heteroatoms. The molecule has 60 heavy (non-hydrogen) atoms. The highest BCUT2D eigenvalue weighted by Crippen LogP contribution is 2.24. The van der Waals surface area contributed by atoms with Gasteiger partial charge in [0.1, 0.15) is 30.0 Å². The summed E-state index contributed by atoms with van der Waals surface area (Å²) >= 11 is 0. The van der Waals surface area contributed by atoms with Gasteiger partial charge in [-0.2, -0.15) is 0 Å². The van der Waals surface area contributed by atoms with Crippen molar-refractivity contribution in [2.75, 3.05) is 11.4 Å². The highest BCUT2D eigenvalue weighted by atomic mass is 19.1. The Labute approximate surface area is 348 Å². The molecular formula is C42H56FN11O6. The SMILES string of the molecule is CCC(=O)c1cccc(N(C(C)=O)C(Cc2ccc(F)cc2)C(=O)NC(Cc2ccc(N=C(N)N)cc2)C(=O)NC(CC(C)C)C(=O)NC(CCCN=C(N)N)C(N)=O)c1. The van der Waals surface area contributed by atoms with E-state index in [1.165, 1.54) is 42.2 Å². The number of guanidine groups is 2. The van der Waals surface area contributed by atoms with Crippen LogP contribution >= 0.6 is 0 Å². The summed E-state index contributed by atoms with van der Waals surface area (Å²) in [6.45, 7) is 6.82. The molecule has 0 aliphatic carbocycles. The first-order valence-electron chi connectivity index (χ1n) is 19.5. The number of carbonyl (C=O) groups excluding carboxylic acids is 6. The highest BCUT2D eigenvalue weighted by molar-refractivity contribution is 6.03. The summed E-state index contributed by atoms with van der Waals surface area (Å²) in [6, 6.07) is 13.3. The number of nitrogens with one attached hydrogen (secondary N) is 3. The van der Waals surface area contributed by atoms with Crippen molar-refractivity contribution in [2.24, 2.45) is 44.6 Å². The van der Waals surface area contributed by atoms with Gasteiger partial charge in [-0.25, -0.2) is 9.38 Å². The van der Waals surface area contributed by atoms with Crippen LogP contribution in [0, 0.1) is 11.7 Å². The number of rotatable bonds is 22. The second-order valence-corrected chi connectivity index (χ2v) is 14.6. The third-order valence-corrected chi connectivity index (χ3v) is 9.28. The minimum Gasteiger partial charge on any atom is -0.370 e. The molecule has 0 saturated carbocycles. The molecule has 0 fully saturated rings. The highest BCUT2D eigenvalue weighted by Gasteiger charge is 2.35. The number of carbonyl (C=O) groups is 6. The largest absolute Gasteiger partial charge is 0.370 e. The average Bonchev–Trinajstić information content (AvgIpc) is 3.18. The molecule has 3 aromatic carbocycles. The monoisotopic (exact) mass is 829 g/mol. The number of ketones is 1. The molecule has 0 radical (unpaired) electrons. The minimum absolute atomic E-state index is 0.103. The zero-order valence-corrected chi connectivity index (χ0v) is 34.3. The first-order valence-corrected chi connectivity index (χ1v) is 19.5. The van der Waals surface area contributed by atoms with Gasteiger partial charge in [0, 0.05) is 44.0 Å². The number of hydrogen-bond donors (Lipinski definition) is 8. The van der Waals surface area contributed by atoms with Gasteiger partial charge in [0.15, 0.2) is 17.7 Å². The van der Waals surface area contributed by atoms with Crippen LogP contribution in [0.15, 0.2) is 82.8 Å². The molecule has 17 nitrogen and oxygen atoms in total. The number of amides is 5. The standard InChI is InChI=1S/C42H56FN11O6/c1-5-36(56)28-8-6-9-31(23-28)54(25(4)55)35(22-27-11-15-29(43)16-12-27)40(60)53-34(21-26-13-17-30(18-14-26)50-42(47)48)39(59)52-33(20-24(2)3)38(58)51-32(37(44)57)10-7-19-49-41(45)46/h6,8-9,11-18,23-24,32-35H,5,7,10,19-22H2,1-4H3,(H2,44,57)(H,51,58)(H,52,59)(H,53,60)(H4,45,46,49)(H4,47,48,50). The Morgan fingerprint density at radius 3 is 1.88 bits per heavy atom. The van der Waals surface area contributed by atoms with Crippen molar-refractivity contribution in [2.45, 2.75) is 90.4 Å². The van der Waals surface area contributed by atoms with Crippen molar-refractivity contribution < 1.29 is 33.2 Å². The fraction of sp³-hybridized carbons (Fsp3) is 0.381. The lowest BCUT2D eigenvalue weighted by atomic mass is 9.98. The van der Waals surface area contributed by atoms with Crippen LogP contribution < -0.4 is 49.5 Å². The quantitative estimate of drug-likeness (QED) is 0.0313. The number of Topliss-reactive ketones (excluding diaryl/α,β-unsaturated/α-hetero) is 1. The summed E-state index contributed by atoms with van der Waals surface area (Å²) in [4.78, 5) is 90.4. The predicted molar refractivity (Wildman–Crippen MR) is 228 cm³/mol. The predicted octanol–water partition coefficient (Wildman–Crippen LogP) is 1.57. The first-order chi connectivity index (χ1) is 28.4. The molecule has 322 valence electrons. The summed E-state index contributed by atoms with van der Waals surface area (Å²) in [5, 5.41) is 8.18. The van der Waals surface area contributed by atoms with Gasteiger partial charge in [-0.15, -0.1) is 0 Å². The van der Waals surface area contributed by atoms with E-state index < -0.39 is 59.5 Å². The van der Waals surface area contributed by atoms with Gasteiger partial charge < -0.3 is 44.6 Å². The Hall–Kier alpha value is -6.85. The number of nitrogens with zero attached hydrogens (tertiary/aromatic N) is 3. The third-order valence-electron chi connectivity index (χ3n) is 9.28. The lowest BCUT2D eigenvalue weighted by Gasteiger charge is -2.32. The number of aliphatic imine (C=N–C) groups is 2. The summed E-state index contributed by atoms with van der Waals surface area (Å²) in [6.07, 6.45) is 0.558. The Kier molecular flexibility index (Phi) is 18.2. The van der Waals surface area contributed by atoms with E-state index in [0.717, 1.165) is 0 Å². The Bertz CT molecular complexity index is 2030. The van der Waals surface area contributed by atoms with E-state index >= 15 is 0 Å². The number of hydrogen-bond acceptors (Lipinski definition) is 8. The second-order valence-electron chi connectivity index (χ2n) is 14.6. The first kappa shape index (κ1) is 47.5. The second kappa shape index (κ2) is 22.9. The van der Waals surface area contributed by atoms with E-state index in [1.807, 2.05) is 13.8 Å². The molecule has 4 unspecified atom stereocenters. The fourth-order valence-corrected chi connectivity index (χ4v) is 6.36. The van der Waals surface area contributed by atoms with E-state index in [0.29, 0.717) is 28.8 Å². The molecule has 0 spiro atoms. The normalized spacial score (nSPS) is 12.8. The lowest BCUT2D eigenvalue weighted by molar-refractivity contribution is -0.134. The van der Waals surface area contributed by atoms with Crippen LogP contribution in [0.5, 0.6) is 0 Å². The molecule has 0 saturated heterocycles. The topological polar surface area (TPSA) is 297 Å². The van der Waals surface area contributed by atoms with Gasteiger partial charge in [0.05, 0.1) is 5.69 Å². The molecule has 3 rings (SSSR count). The summed E-state index contributed by atoms with van der Waals surface area (Å²) in [7, 11) is 0. The molecule has 0 aliphatic heterocycles. The van der Waals surface area contributed by atoms with Crippen LogP contribution in [0.3, 0.4) is 0 Å². The van der Waals surface area contributed by atoms with E-state index in [4.69, 9.17) is 28.7 Å². The molecule has 0 aromatic heterocycles. The van der Waals surface area contributed by atoms with E-state index in [1.54, 1.807) is 49.4 Å². The van der Waals surface area contributed by atoms with Crippen molar-refractivity contribution in [1.82, 2.24) is 16.0 Å². The molecule has 3 aromatic rings. The van der Waals surface area contributed by atoms with Crippen LogP contribution in [0.25, 0.3) is 0 Å². The average molecular weight is 830 g/mol.